The van der Waals surface area contributed by atoms with E-state index in [4.69, 9.17) is 13.9 Å². The molecular formula is C27H24N2O6S. The highest BCUT2D eigenvalue weighted by Gasteiger charge is 2.31. The molecule has 0 atom stereocenters. The average Bonchev–Trinajstić information content (AvgIpc) is 3.45. The number of aliphatic imine (C=N–C) groups is 1. The van der Waals surface area contributed by atoms with Crippen molar-refractivity contribution < 1.29 is 28.3 Å². The van der Waals surface area contributed by atoms with Crippen molar-refractivity contribution in [3.05, 3.63) is 82.5 Å². The lowest BCUT2D eigenvalue weighted by Gasteiger charge is -2.07. The van der Waals surface area contributed by atoms with Gasteiger partial charge in [0.1, 0.15) is 11.5 Å². The highest BCUT2D eigenvalue weighted by atomic mass is 32.2. The summed E-state index contributed by atoms with van der Waals surface area (Å²) in [5.41, 5.74) is 1.92. The van der Waals surface area contributed by atoms with Crippen molar-refractivity contribution in [1.29, 1.82) is 0 Å². The summed E-state index contributed by atoms with van der Waals surface area (Å²) in [4.78, 5) is 43.6. The number of hydrogen-bond acceptors (Lipinski definition) is 8. The maximum atomic E-state index is 12.8. The van der Waals surface area contributed by atoms with Crippen LogP contribution in [0.3, 0.4) is 0 Å². The third-order valence-corrected chi connectivity index (χ3v) is 6.23. The van der Waals surface area contributed by atoms with Crippen LogP contribution < -0.4 is 0 Å². The van der Waals surface area contributed by atoms with Crippen LogP contribution in [0, 0.1) is 0 Å². The molecule has 3 aromatic rings. The van der Waals surface area contributed by atoms with Crippen LogP contribution in [-0.2, 0) is 14.3 Å². The summed E-state index contributed by atoms with van der Waals surface area (Å²) in [6.45, 7) is 4.04. The first-order valence-corrected chi connectivity index (χ1v) is 12.1. The smallest absolute Gasteiger partial charge is 0.338 e. The molecule has 0 spiro atoms. The van der Waals surface area contributed by atoms with Crippen molar-refractivity contribution in [2.75, 3.05) is 20.3 Å². The van der Waals surface area contributed by atoms with Crippen LogP contribution in [0.4, 0.5) is 5.69 Å². The summed E-state index contributed by atoms with van der Waals surface area (Å²) in [6.07, 6.45) is 1.64. The molecule has 0 N–H and O–H groups in total. The Balaban J connectivity index is 1.57. The molecule has 2 aromatic carbocycles. The van der Waals surface area contributed by atoms with E-state index >= 15 is 0 Å². The topological polar surface area (TPSA) is 98.4 Å². The van der Waals surface area contributed by atoms with Gasteiger partial charge in [-0.2, -0.15) is 0 Å². The van der Waals surface area contributed by atoms with Gasteiger partial charge in [0.05, 0.1) is 34.9 Å². The van der Waals surface area contributed by atoms with E-state index in [1.165, 1.54) is 16.7 Å². The fourth-order valence-corrected chi connectivity index (χ4v) is 4.44. The highest BCUT2D eigenvalue weighted by molar-refractivity contribution is 8.18. The molecule has 4 rings (SSSR count). The lowest BCUT2D eigenvalue weighted by atomic mass is 10.1. The number of carbonyl (C=O) groups excluding carboxylic acids is 3. The third kappa shape index (κ3) is 5.41. The number of hydrogen-bond donors (Lipinski definition) is 0. The van der Waals surface area contributed by atoms with Crippen LogP contribution in [-0.4, -0.2) is 48.2 Å². The molecule has 184 valence electrons. The molecule has 0 unspecified atom stereocenters. The second-order valence-corrected chi connectivity index (χ2v) is 8.62. The molecule has 0 radical (unpaired) electrons. The largest absolute Gasteiger partial charge is 0.462 e. The number of esters is 2. The molecule has 1 aromatic heterocycles. The SMILES string of the molecule is CCOC(=O)c1cccc(N=C2SC(=Cc3ccc(-c4ccccc4C(=O)OCC)o3)C(=O)N2C)c1. The number of furan rings is 1. The van der Waals surface area contributed by atoms with E-state index in [1.54, 1.807) is 81.6 Å². The van der Waals surface area contributed by atoms with E-state index in [-0.39, 0.29) is 19.1 Å². The summed E-state index contributed by atoms with van der Waals surface area (Å²) in [5.74, 6) is -0.148. The van der Waals surface area contributed by atoms with Gasteiger partial charge in [0.25, 0.3) is 5.91 Å². The minimum Gasteiger partial charge on any atom is -0.462 e. The van der Waals surface area contributed by atoms with Gasteiger partial charge in [-0.3, -0.25) is 9.69 Å². The molecule has 9 heteroatoms. The normalized spacial score (nSPS) is 15.5. The summed E-state index contributed by atoms with van der Waals surface area (Å²) in [6, 6.07) is 17.2. The van der Waals surface area contributed by atoms with Gasteiger partial charge < -0.3 is 13.9 Å². The van der Waals surface area contributed by atoms with Crippen LogP contribution in [0.15, 0.2) is 75.0 Å². The van der Waals surface area contributed by atoms with Gasteiger partial charge in [0.15, 0.2) is 5.17 Å². The van der Waals surface area contributed by atoms with Crippen LogP contribution in [0.2, 0.25) is 0 Å². The standard InChI is InChI=1S/C27H24N2O6S/c1-4-33-25(31)17-9-8-10-18(15-17)28-27-29(3)24(30)23(36-27)16-19-13-14-22(35-19)20-11-6-7-12-21(20)26(32)34-5-2/h6-16H,4-5H2,1-3H3. The van der Waals surface area contributed by atoms with Gasteiger partial charge in [0.2, 0.25) is 0 Å². The Bertz CT molecular complexity index is 1370. The summed E-state index contributed by atoms with van der Waals surface area (Å²) in [7, 11) is 1.63. The van der Waals surface area contributed by atoms with E-state index < -0.39 is 11.9 Å². The van der Waals surface area contributed by atoms with Crippen LogP contribution in [0.1, 0.15) is 40.3 Å². The van der Waals surface area contributed by atoms with Gasteiger partial charge in [0, 0.05) is 18.7 Å². The van der Waals surface area contributed by atoms with Crippen molar-refractivity contribution in [1.82, 2.24) is 4.90 Å². The van der Waals surface area contributed by atoms with E-state index in [9.17, 15) is 14.4 Å². The number of ether oxygens (including phenoxy) is 2. The number of thioether (sulfide) groups is 1. The fourth-order valence-electron chi connectivity index (χ4n) is 3.47. The zero-order chi connectivity index (χ0) is 25.7. The minimum atomic E-state index is -0.430. The number of amides is 1. The van der Waals surface area contributed by atoms with E-state index in [2.05, 4.69) is 4.99 Å². The molecule has 8 nitrogen and oxygen atoms in total. The predicted molar refractivity (Wildman–Crippen MR) is 138 cm³/mol. The number of nitrogens with zero attached hydrogens (tertiary/aromatic N) is 2. The first-order chi connectivity index (χ1) is 17.4. The monoisotopic (exact) mass is 504 g/mol. The first-order valence-electron chi connectivity index (χ1n) is 11.3. The Kier molecular flexibility index (Phi) is 7.70. The van der Waals surface area contributed by atoms with Crippen LogP contribution >= 0.6 is 11.8 Å². The summed E-state index contributed by atoms with van der Waals surface area (Å²) >= 11 is 1.20. The maximum absolute atomic E-state index is 12.8. The van der Waals surface area contributed by atoms with E-state index in [0.717, 1.165) is 0 Å². The number of rotatable bonds is 7. The molecule has 0 bridgehead atoms. The Morgan fingerprint density at radius 3 is 2.53 bits per heavy atom. The predicted octanol–water partition coefficient (Wildman–Crippen LogP) is 5.53. The second-order valence-electron chi connectivity index (χ2n) is 7.61. The molecule has 36 heavy (non-hydrogen) atoms. The Hall–Kier alpha value is -4.11. The minimum absolute atomic E-state index is 0.231. The summed E-state index contributed by atoms with van der Waals surface area (Å²) < 4.78 is 16.1. The van der Waals surface area contributed by atoms with Crippen molar-refractivity contribution in [3.8, 4) is 11.3 Å². The fraction of sp³-hybridized carbons (Fsp3) is 0.185. The Labute approximate surface area is 212 Å². The quantitative estimate of drug-likeness (QED) is 0.308. The number of amidine groups is 1. The Morgan fingerprint density at radius 2 is 1.75 bits per heavy atom. The molecule has 1 saturated heterocycles. The number of likely N-dealkylation sites (N-methyl/N-ethyl adjacent to an activating group) is 1. The number of carbonyl (C=O) groups is 3. The van der Waals surface area contributed by atoms with E-state index in [0.29, 0.717) is 44.0 Å². The third-order valence-electron chi connectivity index (χ3n) is 5.17. The zero-order valence-electron chi connectivity index (χ0n) is 20.0. The second kappa shape index (κ2) is 11.1. The number of benzene rings is 2. The lowest BCUT2D eigenvalue weighted by molar-refractivity contribution is -0.121. The van der Waals surface area contributed by atoms with Gasteiger partial charge in [-0.05, 0) is 62.0 Å². The molecule has 1 aliphatic heterocycles. The zero-order valence-corrected chi connectivity index (χ0v) is 20.8. The maximum Gasteiger partial charge on any atom is 0.338 e. The van der Waals surface area contributed by atoms with Crippen LogP contribution in [0.25, 0.3) is 17.4 Å². The van der Waals surface area contributed by atoms with E-state index in [1.807, 2.05) is 6.07 Å². The highest BCUT2D eigenvalue weighted by Crippen LogP contribution is 2.34. The van der Waals surface area contributed by atoms with Gasteiger partial charge in [-0.1, -0.05) is 24.3 Å². The van der Waals surface area contributed by atoms with Crippen LogP contribution in [0.5, 0.6) is 0 Å². The Morgan fingerprint density at radius 1 is 1.00 bits per heavy atom. The summed E-state index contributed by atoms with van der Waals surface area (Å²) in [5, 5.41) is 0.465. The molecule has 1 amide bonds. The molecular weight excluding hydrogens is 480 g/mol. The molecule has 2 heterocycles. The van der Waals surface area contributed by atoms with Gasteiger partial charge in [-0.25, -0.2) is 14.6 Å². The molecule has 1 aliphatic rings. The lowest BCUT2D eigenvalue weighted by Crippen LogP contribution is -2.23. The van der Waals surface area contributed by atoms with Crippen molar-refractivity contribution in [2.24, 2.45) is 4.99 Å². The average molecular weight is 505 g/mol. The van der Waals surface area contributed by atoms with Gasteiger partial charge in [-0.15, -0.1) is 0 Å². The molecule has 0 saturated carbocycles. The van der Waals surface area contributed by atoms with Crippen molar-refractivity contribution >= 4 is 46.5 Å². The van der Waals surface area contributed by atoms with Crippen molar-refractivity contribution in [2.45, 2.75) is 13.8 Å². The van der Waals surface area contributed by atoms with Gasteiger partial charge >= 0.3 is 11.9 Å². The molecule has 1 fully saturated rings. The molecule has 0 aliphatic carbocycles. The van der Waals surface area contributed by atoms with Crippen molar-refractivity contribution in [3.63, 3.8) is 0 Å². The first kappa shape index (κ1) is 25.0.